The van der Waals surface area contributed by atoms with Gasteiger partial charge in [-0.3, -0.25) is 0 Å². The van der Waals surface area contributed by atoms with E-state index in [0.29, 0.717) is 0 Å². The summed E-state index contributed by atoms with van der Waals surface area (Å²) in [5.74, 6) is 0. The Morgan fingerprint density at radius 2 is 0.500 bits per heavy atom. The fourth-order valence-electron chi connectivity index (χ4n) is 0. The summed E-state index contributed by atoms with van der Waals surface area (Å²) in [6, 6.07) is 0. The largest absolute Gasteiger partial charge is 2.00 e. The van der Waals surface area contributed by atoms with Crippen LogP contribution in [0.15, 0.2) is 0 Å². The molecule has 0 aliphatic rings. The van der Waals surface area contributed by atoms with Gasteiger partial charge in [-0.1, -0.05) is 0 Å². The molecule has 0 unspecified atom stereocenters. The van der Waals surface area contributed by atoms with Crippen molar-refractivity contribution in [3.63, 3.8) is 0 Å². The molecule has 0 spiro atoms. The molecule has 0 aromatic heterocycles. The second-order valence-corrected chi connectivity index (χ2v) is 0. The van der Waals surface area contributed by atoms with Crippen LogP contribution in [0.25, 0.3) is 0 Å². The predicted molar refractivity (Wildman–Crippen MR) is 9.68 cm³/mol. The fraction of sp³-hybridized carbons (Fsp3) is 0. The average Bonchev–Trinajstić information content (AvgIpc) is 0. The van der Waals surface area contributed by atoms with Crippen LogP contribution in [-0.4, -0.2) is 27.4 Å². The molecule has 0 atom stereocenters. The van der Waals surface area contributed by atoms with E-state index in [0.717, 1.165) is 0 Å². The molecular formula is H5LiMnNiO5. The van der Waals surface area contributed by atoms with Crippen molar-refractivity contribution in [2.24, 2.45) is 0 Å². The smallest absolute Gasteiger partial charge is 0.870 e. The van der Waals surface area contributed by atoms with Gasteiger partial charge in [-0.15, -0.1) is 0 Å². The van der Waals surface area contributed by atoms with Gasteiger partial charge in [-0.2, -0.15) is 0 Å². The van der Waals surface area contributed by atoms with Crippen LogP contribution < -0.4 is 18.9 Å². The van der Waals surface area contributed by atoms with Crippen molar-refractivity contribution in [2.75, 3.05) is 0 Å². The molecule has 0 saturated carbocycles. The third kappa shape index (κ3) is 153. The van der Waals surface area contributed by atoms with Gasteiger partial charge in [0.15, 0.2) is 0 Å². The van der Waals surface area contributed by atoms with Gasteiger partial charge < -0.3 is 27.4 Å². The van der Waals surface area contributed by atoms with Crippen LogP contribution in [0.5, 0.6) is 0 Å². The summed E-state index contributed by atoms with van der Waals surface area (Å²) in [6.45, 7) is 0. The molecule has 0 aliphatic carbocycles. The molecule has 0 rings (SSSR count). The Bertz CT molecular complexity index is 12.4. The molecule has 0 aliphatic heterocycles. The van der Waals surface area contributed by atoms with Gasteiger partial charge >= 0.3 is 52.4 Å². The van der Waals surface area contributed by atoms with Crippen molar-refractivity contribution < 1.29 is 79.8 Å². The Kier molecular flexibility index (Phi) is 9710. The van der Waals surface area contributed by atoms with Gasteiger partial charge in [-0.25, -0.2) is 0 Å². The minimum Gasteiger partial charge on any atom is -0.870 e. The van der Waals surface area contributed by atoms with Crippen molar-refractivity contribution in [1.29, 1.82) is 0 Å². The summed E-state index contributed by atoms with van der Waals surface area (Å²) in [7, 11) is 0. The van der Waals surface area contributed by atoms with E-state index in [1.807, 2.05) is 0 Å². The second-order valence-electron chi connectivity index (χ2n) is 0. The van der Waals surface area contributed by atoms with Crippen molar-refractivity contribution in [3.05, 3.63) is 0 Å². The van der Waals surface area contributed by atoms with Crippen LogP contribution in [0.4, 0.5) is 0 Å². The zero-order chi connectivity index (χ0) is 0. The van der Waals surface area contributed by atoms with E-state index >= 15 is 0 Å². The van der Waals surface area contributed by atoms with E-state index in [9.17, 15) is 0 Å². The van der Waals surface area contributed by atoms with Crippen molar-refractivity contribution >= 4 is 0 Å². The SMILES string of the molecule is [Li+].[Mn+2].[Ni+2].[OH-].[OH-].[OH-].[OH-].[OH-]. The summed E-state index contributed by atoms with van der Waals surface area (Å²) in [5.41, 5.74) is 0. The Balaban J connectivity index is 0. The third-order valence-corrected chi connectivity index (χ3v) is 0. The van der Waals surface area contributed by atoms with Gasteiger partial charge in [0.2, 0.25) is 0 Å². The minimum absolute atomic E-state index is 0. The molecule has 0 heterocycles. The monoisotopic (exact) mass is 205 g/mol. The second kappa shape index (κ2) is 232. The first-order valence-electron chi connectivity index (χ1n) is 0. The first kappa shape index (κ1) is 335. The zero-order valence-corrected chi connectivity index (χ0v) is 6.10. The summed E-state index contributed by atoms with van der Waals surface area (Å²) >= 11 is 0. The molecule has 5 N–H and O–H groups in total. The molecule has 5 nitrogen and oxygen atoms in total. The zero-order valence-electron chi connectivity index (χ0n) is 3.93. The Morgan fingerprint density at radius 3 is 0.500 bits per heavy atom. The van der Waals surface area contributed by atoms with Gasteiger partial charge in [0.05, 0.1) is 0 Å². The van der Waals surface area contributed by atoms with E-state index in [2.05, 4.69) is 0 Å². The van der Waals surface area contributed by atoms with Crippen molar-refractivity contribution in [3.8, 4) is 0 Å². The number of hydrogen-bond acceptors (Lipinski definition) is 5. The molecule has 0 bridgehead atoms. The molecule has 0 saturated heterocycles. The summed E-state index contributed by atoms with van der Waals surface area (Å²) < 4.78 is 0. The van der Waals surface area contributed by atoms with E-state index in [-0.39, 0.29) is 79.8 Å². The average molecular weight is 206 g/mol. The molecule has 8 heavy (non-hydrogen) atoms. The summed E-state index contributed by atoms with van der Waals surface area (Å²) in [5, 5.41) is 0. The molecule has 1 radical (unpaired) electrons. The van der Waals surface area contributed by atoms with Crippen LogP contribution in [-0.2, 0) is 33.6 Å². The van der Waals surface area contributed by atoms with Gasteiger partial charge in [0, 0.05) is 0 Å². The fourth-order valence-corrected chi connectivity index (χ4v) is 0. The number of rotatable bonds is 0. The predicted octanol–water partition coefficient (Wildman–Crippen LogP) is -3.89. The number of hydrogen-bond donors (Lipinski definition) is 0. The topological polar surface area (TPSA) is 150 Å². The summed E-state index contributed by atoms with van der Waals surface area (Å²) in [6.07, 6.45) is 0. The first-order chi connectivity index (χ1) is 0. The molecule has 0 aromatic carbocycles. The van der Waals surface area contributed by atoms with E-state index in [1.54, 1.807) is 0 Å². The quantitative estimate of drug-likeness (QED) is 0.371. The maximum Gasteiger partial charge on any atom is 2.00 e. The third-order valence-electron chi connectivity index (χ3n) is 0. The van der Waals surface area contributed by atoms with E-state index in [4.69, 9.17) is 0 Å². The van der Waals surface area contributed by atoms with Crippen LogP contribution in [0.1, 0.15) is 0 Å². The standard InChI is InChI=1S/Li.Mn.Ni.5H2O/h;;;5*1H2/q+1;2*+2;;;;;/p-5. The van der Waals surface area contributed by atoms with E-state index in [1.165, 1.54) is 0 Å². The Morgan fingerprint density at radius 1 is 0.500 bits per heavy atom. The summed E-state index contributed by atoms with van der Waals surface area (Å²) in [4.78, 5) is 0. The molecule has 8 heteroatoms. The van der Waals surface area contributed by atoms with Crippen LogP contribution in [0.2, 0.25) is 0 Å². The Hall–Kier alpha value is 1.41. The molecule has 0 aromatic rings. The van der Waals surface area contributed by atoms with Gasteiger partial charge in [0.25, 0.3) is 0 Å². The molecule has 53 valence electrons. The first-order valence-corrected chi connectivity index (χ1v) is 0. The minimum atomic E-state index is 0. The van der Waals surface area contributed by atoms with Crippen molar-refractivity contribution in [2.45, 2.75) is 0 Å². The Labute approximate surface area is 79.7 Å². The van der Waals surface area contributed by atoms with Crippen molar-refractivity contribution in [1.82, 2.24) is 0 Å². The maximum atomic E-state index is 0. The van der Waals surface area contributed by atoms with Crippen LogP contribution in [0, 0.1) is 0 Å². The van der Waals surface area contributed by atoms with Gasteiger partial charge in [-0.05, 0) is 0 Å². The molecular weight excluding hydrogens is 201 g/mol. The van der Waals surface area contributed by atoms with Gasteiger partial charge in [0.1, 0.15) is 0 Å². The molecule has 0 fully saturated rings. The maximum absolute atomic E-state index is 0. The van der Waals surface area contributed by atoms with Crippen LogP contribution >= 0.6 is 0 Å². The van der Waals surface area contributed by atoms with Crippen LogP contribution in [0.3, 0.4) is 0 Å². The normalized spacial score (nSPS) is 0. The molecule has 0 amide bonds. The van der Waals surface area contributed by atoms with E-state index < -0.39 is 0 Å².